The second-order valence-electron chi connectivity index (χ2n) is 6.84. The van der Waals surface area contributed by atoms with Crippen LogP contribution in [-0.4, -0.2) is 14.2 Å². The number of hydrogen-bond donors (Lipinski definition) is 0. The molecule has 0 bridgehead atoms. The molecular formula is C23H20BrF3INO2. The summed E-state index contributed by atoms with van der Waals surface area (Å²) < 4.78 is 51.8. The molecule has 0 spiro atoms. The Balaban J connectivity index is 2.00. The van der Waals surface area contributed by atoms with Gasteiger partial charge >= 0.3 is 6.18 Å². The second kappa shape index (κ2) is 10.1. The third kappa shape index (κ3) is 6.06. The van der Waals surface area contributed by atoms with Gasteiger partial charge in [-0.05, 0) is 86.0 Å². The molecule has 0 unspecified atom stereocenters. The lowest BCUT2D eigenvalue weighted by atomic mass is 10.1. The van der Waals surface area contributed by atoms with Crippen LogP contribution in [-0.2, 0) is 19.3 Å². The van der Waals surface area contributed by atoms with E-state index in [4.69, 9.17) is 9.47 Å². The van der Waals surface area contributed by atoms with Gasteiger partial charge in [-0.1, -0.05) is 24.3 Å². The third-order valence-corrected chi connectivity index (χ3v) is 7.28. The Kier molecular flexibility index (Phi) is 7.74. The summed E-state index contributed by atoms with van der Waals surface area (Å²) in [4.78, 5) is 1.92. The van der Waals surface area contributed by atoms with Gasteiger partial charge in [0.15, 0.2) is 0 Å². The monoisotopic (exact) mass is 605 g/mol. The van der Waals surface area contributed by atoms with Crippen LogP contribution in [0.5, 0.6) is 11.5 Å². The van der Waals surface area contributed by atoms with E-state index >= 15 is 0 Å². The summed E-state index contributed by atoms with van der Waals surface area (Å²) in [6.45, 7) is 0.862. The van der Waals surface area contributed by atoms with Gasteiger partial charge in [-0.15, -0.1) is 0 Å². The van der Waals surface area contributed by atoms with Gasteiger partial charge in [0.2, 0.25) is 0 Å². The first-order valence-electron chi connectivity index (χ1n) is 9.28. The van der Waals surface area contributed by atoms with Gasteiger partial charge in [0, 0.05) is 26.8 Å². The summed E-state index contributed by atoms with van der Waals surface area (Å²) in [6, 6.07) is 17.9. The molecule has 3 aromatic carbocycles. The number of rotatable bonds is 7. The largest absolute Gasteiger partial charge is 0.497 e. The lowest BCUT2D eigenvalue weighted by Crippen LogP contribution is -2.23. The Morgan fingerprint density at radius 2 is 1.29 bits per heavy atom. The predicted molar refractivity (Wildman–Crippen MR) is 128 cm³/mol. The van der Waals surface area contributed by atoms with Crippen molar-refractivity contribution >= 4 is 44.2 Å². The molecule has 0 aliphatic heterocycles. The average Bonchev–Trinajstić information content (AvgIpc) is 2.75. The number of methoxy groups -OCH3 is 2. The number of benzene rings is 3. The molecule has 8 heteroatoms. The molecule has 0 N–H and O–H groups in total. The molecule has 164 valence electrons. The topological polar surface area (TPSA) is 21.7 Å². The maximum atomic E-state index is 13.6. The Morgan fingerprint density at radius 3 is 1.68 bits per heavy atom. The third-order valence-electron chi connectivity index (χ3n) is 4.75. The highest BCUT2D eigenvalue weighted by Crippen LogP contribution is 2.39. The summed E-state index contributed by atoms with van der Waals surface area (Å²) in [5, 5.41) is 0. The van der Waals surface area contributed by atoms with E-state index in [1.165, 1.54) is 6.07 Å². The predicted octanol–water partition coefficient (Wildman–Crippen LogP) is 7.30. The van der Waals surface area contributed by atoms with E-state index in [1.54, 1.807) is 42.9 Å². The molecule has 0 aliphatic carbocycles. The summed E-state index contributed by atoms with van der Waals surface area (Å²) in [6.07, 6.45) is -4.44. The van der Waals surface area contributed by atoms with Gasteiger partial charge in [0.25, 0.3) is 0 Å². The fourth-order valence-corrected chi connectivity index (χ4v) is 4.17. The van der Waals surface area contributed by atoms with Gasteiger partial charge in [-0.3, -0.25) is 0 Å². The van der Waals surface area contributed by atoms with Crippen molar-refractivity contribution in [3.05, 3.63) is 85.4 Å². The molecule has 0 heterocycles. The Morgan fingerprint density at radius 1 is 0.839 bits per heavy atom. The normalized spacial score (nSPS) is 11.3. The zero-order valence-electron chi connectivity index (χ0n) is 16.8. The van der Waals surface area contributed by atoms with Gasteiger partial charge in [-0.2, -0.15) is 13.2 Å². The Labute approximate surface area is 201 Å². The molecule has 0 atom stereocenters. The van der Waals surface area contributed by atoms with E-state index in [1.807, 2.05) is 53.4 Å². The van der Waals surface area contributed by atoms with Crippen LogP contribution >= 0.6 is 38.5 Å². The first-order chi connectivity index (χ1) is 14.7. The van der Waals surface area contributed by atoms with Crippen LogP contribution in [0, 0.1) is 3.57 Å². The lowest BCUT2D eigenvalue weighted by molar-refractivity contribution is -0.138. The first kappa shape index (κ1) is 23.7. The summed E-state index contributed by atoms with van der Waals surface area (Å²) in [5.74, 6) is 1.45. The summed E-state index contributed by atoms with van der Waals surface area (Å²) in [7, 11) is 3.18. The minimum Gasteiger partial charge on any atom is -0.497 e. The maximum Gasteiger partial charge on any atom is 0.417 e. The van der Waals surface area contributed by atoms with Crippen LogP contribution in [0.2, 0.25) is 0 Å². The highest BCUT2D eigenvalue weighted by molar-refractivity contribution is 14.1. The van der Waals surface area contributed by atoms with Gasteiger partial charge in [0.1, 0.15) is 11.5 Å². The number of hydrogen-bond acceptors (Lipinski definition) is 3. The van der Waals surface area contributed by atoms with Crippen molar-refractivity contribution < 1.29 is 22.6 Å². The SMILES string of the molecule is COc1ccc(CN(Cc2ccc(OC)cc2)c2cc(Br)c(I)c(C(F)(F)F)c2)cc1. The van der Waals surface area contributed by atoms with Crippen LogP contribution in [0.25, 0.3) is 0 Å². The molecule has 31 heavy (non-hydrogen) atoms. The van der Waals surface area contributed by atoms with E-state index in [2.05, 4.69) is 15.9 Å². The fourth-order valence-electron chi connectivity index (χ4n) is 3.10. The van der Waals surface area contributed by atoms with Crippen LogP contribution < -0.4 is 14.4 Å². The quantitative estimate of drug-likeness (QED) is 0.264. The van der Waals surface area contributed by atoms with Gasteiger partial charge in [0.05, 0.1) is 19.8 Å². The zero-order chi connectivity index (χ0) is 22.6. The van der Waals surface area contributed by atoms with Crippen molar-refractivity contribution in [3.8, 4) is 11.5 Å². The van der Waals surface area contributed by atoms with E-state index in [9.17, 15) is 13.2 Å². The standard InChI is InChI=1S/C23H20BrF3INO2/c1-30-18-7-3-15(4-8-18)13-29(14-16-5-9-19(31-2)10-6-16)17-11-20(23(25,26)27)22(28)21(24)12-17/h3-12H,13-14H2,1-2H3. The van der Waals surface area contributed by atoms with Crippen LogP contribution in [0.4, 0.5) is 18.9 Å². The van der Waals surface area contributed by atoms with Crippen molar-refractivity contribution in [2.24, 2.45) is 0 Å². The molecule has 0 saturated carbocycles. The van der Waals surface area contributed by atoms with Gasteiger partial charge in [-0.25, -0.2) is 0 Å². The van der Waals surface area contributed by atoms with E-state index in [0.717, 1.165) is 22.6 Å². The molecule has 0 aromatic heterocycles. The minimum atomic E-state index is -4.44. The fraction of sp³-hybridized carbons (Fsp3) is 0.217. The van der Waals surface area contributed by atoms with Crippen molar-refractivity contribution in [1.82, 2.24) is 0 Å². The van der Waals surface area contributed by atoms with E-state index < -0.39 is 11.7 Å². The average molecular weight is 606 g/mol. The Bertz CT molecular complexity index is 975. The van der Waals surface area contributed by atoms with E-state index in [0.29, 0.717) is 23.2 Å². The zero-order valence-corrected chi connectivity index (χ0v) is 20.6. The number of alkyl halides is 3. The Hall–Kier alpha value is -1.94. The first-order valence-corrected chi connectivity index (χ1v) is 11.2. The van der Waals surface area contributed by atoms with Crippen molar-refractivity contribution in [2.45, 2.75) is 19.3 Å². The van der Waals surface area contributed by atoms with Crippen molar-refractivity contribution in [2.75, 3.05) is 19.1 Å². The number of nitrogens with zero attached hydrogens (tertiary/aromatic N) is 1. The van der Waals surface area contributed by atoms with Crippen LogP contribution in [0.1, 0.15) is 16.7 Å². The van der Waals surface area contributed by atoms with Crippen molar-refractivity contribution in [3.63, 3.8) is 0 Å². The van der Waals surface area contributed by atoms with Gasteiger partial charge < -0.3 is 14.4 Å². The molecule has 0 saturated heterocycles. The summed E-state index contributed by atoms with van der Waals surface area (Å²) in [5.41, 5.74) is 1.73. The molecule has 3 aromatic rings. The molecule has 0 amide bonds. The van der Waals surface area contributed by atoms with Crippen LogP contribution in [0.15, 0.2) is 65.1 Å². The maximum absolute atomic E-state index is 13.6. The minimum absolute atomic E-state index is 0.141. The second-order valence-corrected chi connectivity index (χ2v) is 8.77. The van der Waals surface area contributed by atoms with Crippen molar-refractivity contribution in [1.29, 1.82) is 0 Å². The molecule has 0 aliphatic rings. The lowest BCUT2D eigenvalue weighted by Gasteiger charge is -2.27. The molecule has 0 radical (unpaired) electrons. The van der Waals surface area contributed by atoms with E-state index in [-0.39, 0.29) is 3.57 Å². The molecular weight excluding hydrogens is 586 g/mol. The molecule has 3 rings (SSSR count). The number of ether oxygens (including phenoxy) is 2. The summed E-state index contributed by atoms with van der Waals surface area (Å²) >= 11 is 5.02. The molecule has 3 nitrogen and oxygen atoms in total. The number of halogens is 5. The van der Waals surface area contributed by atoms with Crippen LogP contribution in [0.3, 0.4) is 0 Å². The smallest absolute Gasteiger partial charge is 0.417 e. The molecule has 0 fully saturated rings. The highest BCUT2D eigenvalue weighted by Gasteiger charge is 2.34. The number of anilines is 1. The highest BCUT2D eigenvalue weighted by atomic mass is 127.